The summed E-state index contributed by atoms with van der Waals surface area (Å²) in [6.07, 6.45) is -5.12. The summed E-state index contributed by atoms with van der Waals surface area (Å²) in [5, 5.41) is 20.4. The number of hydrogen-bond acceptors (Lipinski definition) is 4. The highest BCUT2D eigenvalue weighted by Crippen LogP contribution is 2.51. The monoisotopic (exact) mass is 518 g/mol. The van der Waals surface area contributed by atoms with Crippen LogP contribution in [0.3, 0.4) is 0 Å². The molecule has 10 heteroatoms. The Labute approximate surface area is 209 Å². The molecule has 0 saturated carbocycles. The highest BCUT2D eigenvalue weighted by atomic mass is 35.5. The number of alkyl halides is 3. The minimum Gasteiger partial charge on any atom is -0.482 e. The Hall–Kier alpha value is -3.61. The first kappa shape index (κ1) is 25.5. The van der Waals surface area contributed by atoms with Crippen molar-refractivity contribution in [2.24, 2.45) is 0 Å². The van der Waals surface area contributed by atoms with Crippen LogP contribution in [0.2, 0.25) is 5.02 Å². The van der Waals surface area contributed by atoms with E-state index in [1.165, 1.54) is 49.2 Å². The van der Waals surface area contributed by atoms with E-state index in [1.807, 2.05) is 6.07 Å². The van der Waals surface area contributed by atoms with E-state index in [4.69, 9.17) is 16.3 Å². The minimum atomic E-state index is -5.12. The van der Waals surface area contributed by atoms with Crippen LogP contribution in [0.4, 0.5) is 23.2 Å². The van der Waals surface area contributed by atoms with Gasteiger partial charge in [0.2, 0.25) is 0 Å². The maximum absolute atomic E-state index is 14.5. The van der Waals surface area contributed by atoms with Crippen molar-refractivity contribution in [3.63, 3.8) is 0 Å². The number of rotatable bonds is 4. The van der Waals surface area contributed by atoms with E-state index in [9.17, 15) is 32.7 Å². The first-order valence-corrected chi connectivity index (χ1v) is 11.1. The van der Waals surface area contributed by atoms with Gasteiger partial charge in [-0.15, -0.1) is 0 Å². The van der Waals surface area contributed by atoms with Gasteiger partial charge >= 0.3 is 6.18 Å². The summed E-state index contributed by atoms with van der Waals surface area (Å²) in [7, 11) is 1.41. The third-order valence-electron chi connectivity index (χ3n) is 6.42. The molecule has 2 atom stereocenters. The number of likely N-dealkylation sites (N-methyl/N-ethyl adjacent to an activating group) is 1. The zero-order valence-corrected chi connectivity index (χ0v) is 19.8. The summed E-state index contributed by atoms with van der Waals surface area (Å²) in [4.78, 5) is 13.2. The Kier molecular flexibility index (Phi) is 6.45. The quantitative estimate of drug-likeness (QED) is 0.435. The number of carbonyl (C=O) groups is 1. The van der Waals surface area contributed by atoms with Crippen LogP contribution < -0.4 is 9.64 Å². The van der Waals surface area contributed by atoms with Crippen molar-refractivity contribution in [2.75, 3.05) is 18.6 Å². The van der Waals surface area contributed by atoms with Crippen molar-refractivity contribution >= 4 is 23.2 Å². The molecular weight excluding hydrogens is 500 g/mol. The number of hydrogen-bond donors (Lipinski definition) is 1. The fraction of sp³-hybridized carbons (Fsp3) is 0.231. The standard InChI is InChI=1S/C26H19ClF4N2O3/c1-14(19-6-3-15(10-21(19)27)20-7-5-18(28)9-16(20)12-32)25(35,26(29,30)31)17-4-8-23-22(11-17)33(2)24(34)13-36-23/h3-11,14,35H,13H2,1-2H3. The number of nitriles is 1. The zero-order valence-electron chi connectivity index (χ0n) is 19.0. The van der Waals surface area contributed by atoms with E-state index < -0.39 is 35.0 Å². The van der Waals surface area contributed by atoms with E-state index in [0.717, 1.165) is 24.3 Å². The summed E-state index contributed by atoms with van der Waals surface area (Å²) < 4.78 is 62.2. The molecule has 0 bridgehead atoms. The molecule has 1 aliphatic rings. The Bertz CT molecular complexity index is 1400. The van der Waals surface area contributed by atoms with Crippen LogP contribution in [-0.4, -0.2) is 30.8 Å². The van der Waals surface area contributed by atoms with Crippen LogP contribution >= 0.6 is 11.6 Å². The molecule has 4 rings (SSSR count). The molecule has 1 heterocycles. The molecular formula is C26H19ClF4N2O3. The summed E-state index contributed by atoms with van der Waals surface area (Å²) in [5.41, 5.74) is -2.98. The van der Waals surface area contributed by atoms with Gasteiger partial charge in [0.15, 0.2) is 12.2 Å². The second kappa shape index (κ2) is 9.12. The van der Waals surface area contributed by atoms with Crippen LogP contribution in [0.5, 0.6) is 5.75 Å². The number of halogens is 5. The smallest absolute Gasteiger partial charge is 0.422 e. The van der Waals surface area contributed by atoms with Crippen LogP contribution in [-0.2, 0) is 10.4 Å². The average Bonchev–Trinajstić information content (AvgIpc) is 2.84. The topological polar surface area (TPSA) is 73.6 Å². The van der Waals surface area contributed by atoms with Gasteiger partial charge in [-0.05, 0) is 52.6 Å². The molecule has 5 nitrogen and oxygen atoms in total. The van der Waals surface area contributed by atoms with Crippen molar-refractivity contribution in [2.45, 2.75) is 24.6 Å². The van der Waals surface area contributed by atoms with Gasteiger partial charge in [0.05, 0.1) is 17.3 Å². The lowest BCUT2D eigenvalue weighted by molar-refractivity contribution is -0.274. The Morgan fingerprint density at radius 3 is 2.50 bits per heavy atom. The average molecular weight is 519 g/mol. The fourth-order valence-corrected chi connectivity index (χ4v) is 4.64. The molecule has 0 fully saturated rings. The highest BCUT2D eigenvalue weighted by molar-refractivity contribution is 6.31. The van der Waals surface area contributed by atoms with Gasteiger partial charge in [0.25, 0.3) is 5.91 Å². The molecule has 0 radical (unpaired) electrons. The van der Waals surface area contributed by atoms with Crippen LogP contribution in [0.15, 0.2) is 54.6 Å². The molecule has 0 saturated heterocycles. The highest BCUT2D eigenvalue weighted by Gasteiger charge is 2.59. The fourth-order valence-electron chi connectivity index (χ4n) is 4.30. The first-order chi connectivity index (χ1) is 16.9. The molecule has 3 aromatic rings. The number of anilines is 1. The lowest BCUT2D eigenvalue weighted by atomic mass is 9.77. The van der Waals surface area contributed by atoms with Gasteiger partial charge in [-0.2, -0.15) is 18.4 Å². The van der Waals surface area contributed by atoms with Gasteiger partial charge in [0.1, 0.15) is 11.6 Å². The van der Waals surface area contributed by atoms with Gasteiger partial charge in [-0.1, -0.05) is 42.8 Å². The first-order valence-electron chi connectivity index (χ1n) is 10.7. The minimum absolute atomic E-state index is 0.000683. The Morgan fingerprint density at radius 1 is 1.14 bits per heavy atom. The second-order valence-electron chi connectivity index (χ2n) is 8.45. The number of ether oxygens (including phenoxy) is 1. The van der Waals surface area contributed by atoms with Gasteiger partial charge in [-0.25, -0.2) is 4.39 Å². The van der Waals surface area contributed by atoms with Crippen molar-refractivity contribution in [1.29, 1.82) is 5.26 Å². The zero-order chi connectivity index (χ0) is 26.4. The number of aliphatic hydroxyl groups is 1. The van der Waals surface area contributed by atoms with E-state index in [1.54, 1.807) is 0 Å². The van der Waals surface area contributed by atoms with E-state index in [0.29, 0.717) is 11.1 Å². The summed E-state index contributed by atoms with van der Waals surface area (Å²) in [6, 6.07) is 13.1. The van der Waals surface area contributed by atoms with E-state index >= 15 is 0 Å². The predicted octanol–water partition coefficient (Wildman–Crippen LogP) is 5.93. The third kappa shape index (κ3) is 4.16. The SMILES string of the molecule is CC(c1ccc(-c2ccc(F)cc2C#N)cc1Cl)C(O)(c1ccc2c(c1)N(C)C(=O)CO2)C(F)(F)F. The molecule has 36 heavy (non-hydrogen) atoms. The summed E-state index contributed by atoms with van der Waals surface area (Å²) >= 11 is 6.39. The van der Waals surface area contributed by atoms with Crippen LogP contribution in [0.1, 0.15) is 29.5 Å². The molecule has 0 spiro atoms. The Morgan fingerprint density at radius 2 is 1.86 bits per heavy atom. The molecule has 3 aromatic carbocycles. The maximum atomic E-state index is 14.5. The lowest BCUT2D eigenvalue weighted by Gasteiger charge is -2.38. The molecule has 1 N–H and O–H groups in total. The number of fused-ring (bicyclic) bond motifs is 1. The maximum Gasteiger partial charge on any atom is 0.422 e. The molecule has 1 amide bonds. The lowest BCUT2D eigenvalue weighted by Crippen LogP contribution is -2.47. The number of carbonyl (C=O) groups excluding carboxylic acids is 1. The van der Waals surface area contributed by atoms with Gasteiger partial charge in [0, 0.05) is 18.0 Å². The summed E-state index contributed by atoms with van der Waals surface area (Å²) in [5.74, 6) is -2.41. The number of nitrogens with zero attached hydrogens (tertiary/aromatic N) is 2. The Balaban J connectivity index is 1.80. The van der Waals surface area contributed by atoms with Gasteiger partial charge in [-0.3, -0.25) is 4.79 Å². The van der Waals surface area contributed by atoms with Crippen molar-refractivity contribution in [3.05, 3.63) is 82.1 Å². The van der Waals surface area contributed by atoms with Crippen LogP contribution in [0.25, 0.3) is 11.1 Å². The molecule has 0 aliphatic carbocycles. The van der Waals surface area contributed by atoms with Crippen molar-refractivity contribution in [1.82, 2.24) is 0 Å². The van der Waals surface area contributed by atoms with Crippen LogP contribution in [0, 0.1) is 17.1 Å². The normalized spacial score (nSPS) is 16.0. The summed E-state index contributed by atoms with van der Waals surface area (Å²) in [6.45, 7) is 0.949. The molecule has 0 aromatic heterocycles. The second-order valence-corrected chi connectivity index (χ2v) is 8.85. The molecule has 2 unspecified atom stereocenters. The van der Waals surface area contributed by atoms with Crippen molar-refractivity contribution < 1.29 is 32.2 Å². The van der Waals surface area contributed by atoms with E-state index in [-0.39, 0.29) is 34.2 Å². The largest absolute Gasteiger partial charge is 0.482 e. The molecule has 186 valence electrons. The van der Waals surface area contributed by atoms with Crippen molar-refractivity contribution in [3.8, 4) is 22.9 Å². The molecule has 1 aliphatic heterocycles. The number of benzene rings is 3. The van der Waals surface area contributed by atoms with Gasteiger partial charge < -0.3 is 14.7 Å². The predicted molar refractivity (Wildman–Crippen MR) is 125 cm³/mol. The third-order valence-corrected chi connectivity index (χ3v) is 6.75. The number of amides is 1. The van der Waals surface area contributed by atoms with E-state index in [2.05, 4.69) is 0 Å².